The van der Waals surface area contributed by atoms with E-state index in [1.165, 1.54) is 0 Å². The lowest BCUT2D eigenvalue weighted by atomic mass is 10.1. The van der Waals surface area contributed by atoms with Crippen molar-refractivity contribution in [3.63, 3.8) is 0 Å². The molecule has 0 aliphatic rings. The van der Waals surface area contributed by atoms with Crippen LogP contribution in [-0.4, -0.2) is 30.0 Å². The zero-order valence-electron chi connectivity index (χ0n) is 18.2. The van der Waals surface area contributed by atoms with E-state index < -0.39 is 11.7 Å². The molecule has 0 aliphatic carbocycles. The van der Waals surface area contributed by atoms with E-state index in [4.69, 9.17) is 9.47 Å². The third-order valence-corrected chi connectivity index (χ3v) is 4.50. The standard InChI is InChI=1S/C23H32N2O4/c1-7-16(2)25(22(27)29-23(3,4)5)18-11-12-20(21(26)14-18)24-15-17-9-8-10-19(13-17)28-6/h8-14,16,24,26H,7,15H2,1-6H3. The van der Waals surface area contributed by atoms with Gasteiger partial charge in [0.15, 0.2) is 0 Å². The number of methoxy groups -OCH3 is 1. The lowest BCUT2D eigenvalue weighted by Gasteiger charge is -2.31. The molecule has 1 amide bonds. The molecule has 0 aliphatic heterocycles. The van der Waals surface area contributed by atoms with Crippen LogP contribution in [0.5, 0.6) is 11.5 Å². The third-order valence-electron chi connectivity index (χ3n) is 4.50. The second kappa shape index (κ2) is 9.54. The quantitative estimate of drug-likeness (QED) is 0.596. The van der Waals surface area contributed by atoms with Crippen molar-refractivity contribution in [3.8, 4) is 11.5 Å². The van der Waals surface area contributed by atoms with Gasteiger partial charge in [0.2, 0.25) is 0 Å². The second-order valence-electron chi connectivity index (χ2n) is 8.01. The fourth-order valence-corrected chi connectivity index (χ4v) is 2.83. The molecule has 0 heterocycles. The minimum absolute atomic E-state index is 0.0696. The first-order valence-electron chi connectivity index (χ1n) is 9.86. The first kappa shape index (κ1) is 22.4. The van der Waals surface area contributed by atoms with E-state index in [0.29, 0.717) is 17.9 Å². The summed E-state index contributed by atoms with van der Waals surface area (Å²) in [6, 6.07) is 12.8. The normalized spacial score (nSPS) is 12.2. The van der Waals surface area contributed by atoms with E-state index in [1.807, 2.05) is 65.0 Å². The first-order chi connectivity index (χ1) is 13.6. The summed E-state index contributed by atoms with van der Waals surface area (Å²) >= 11 is 0. The van der Waals surface area contributed by atoms with Crippen LogP contribution in [0.3, 0.4) is 0 Å². The molecule has 0 radical (unpaired) electrons. The van der Waals surface area contributed by atoms with Gasteiger partial charge < -0.3 is 19.9 Å². The molecule has 0 spiro atoms. The van der Waals surface area contributed by atoms with Crippen molar-refractivity contribution in [2.45, 2.75) is 59.2 Å². The average Bonchev–Trinajstić information content (AvgIpc) is 2.66. The summed E-state index contributed by atoms with van der Waals surface area (Å²) in [5.41, 5.74) is 1.62. The number of nitrogens with one attached hydrogen (secondary N) is 1. The number of aromatic hydroxyl groups is 1. The summed E-state index contributed by atoms with van der Waals surface area (Å²) in [7, 11) is 1.63. The maximum absolute atomic E-state index is 12.7. The minimum Gasteiger partial charge on any atom is -0.506 e. The second-order valence-corrected chi connectivity index (χ2v) is 8.01. The van der Waals surface area contributed by atoms with Gasteiger partial charge in [0, 0.05) is 18.7 Å². The molecule has 0 bridgehead atoms. The van der Waals surface area contributed by atoms with Gasteiger partial charge in [-0.1, -0.05) is 19.1 Å². The topological polar surface area (TPSA) is 71.0 Å². The van der Waals surface area contributed by atoms with Crippen LogP contribution in [0, 0.1) is 0 Å². The van der Waals surface area contributed by atoms with Crippen LogP contribution >= 0.6 is 0 Å². The highest BCUT2D eigenvalue weighted by molar-refractivity contribution is 5.89. The number of anilines is 2. The van der Waals surface area contributed by atoms with E-state index in [-0.39, 0.29) is 11.8 Å². The van der Waals surface area contributed by atoms with E-state index >= 15 is 0 Å². The molecule has 6 nitrogen and oxygen atoms in total. The molecule has 0 saturated carbocycles. The number of phenolic OH excluding ortho intramolecular Hbond substituents is 1. The Balaban J connectivity index is 2.19. The van der Waals surface area contributed by atoms with Gasteiger partial charge >= 0.3 is 6.09 Å². The van der Waals surface area contributed by atoms with Gasteiger partial charge in [-0.05, 0) is 63.9 Å². The monoisotopic (exact) mass is 400 g/mol. The SMILES string of the molecule is CCC(C)N(C(=O)OC(C)(C)C)c1ccc(NCc2cccc(OC)c2)c(O)c1. The molecule has 2 N–H and O–H groups in total. The molecule has 0 saturated heterocycles. The van der Waals surface area contributed by atoms with Crippen LogP contribution in [0.15, 0.2) is 42.5 Å². The van der Waals surface area contributed by atoms with Crippen molar-refractivity contribution >= 4 is 17.5 Å². The van der Waals surface area contributed by atoms with Crippen molar-refractivity contribution in [2.75, 3.05) is 17.3 Å². The fraction of sp³-hybridized carbons (Fsp3) is 0.435. The van der Waals surface area contributed by atoms with Crippen LogP contribution < -0.4 is 15.0 Å². The molecule has 158 valence electrons. The molecule has 6 heteroatoms. The molecule has 2 aromatic rings. The van der Waals surface area contributed by atoms with Gasteiger partial charge in [-0.2, -0.15) is 0 Å². The van der Waals surface area contributed by atoms with Crippen LogP contribution in [0.1, 0.15) is 46.6 Å². The van der Waals surface area contributed by atoms with Gasteiger partial charge in [0.05, 0.1) is 18.5 Å². The molecule has 1 atom stereocenters. The highest BCUT2D eigenvalue weighted by atomic mass is 16.6. The summed E-state index contributed by atoms with van der Waals surface area (Å²) in [5, 5.41) is 13.7. The van der Waals surface area contributed by atoms with Crippen LogP contribution in [0.2, 0.25) is 0 Å². The van der Waals surface area contributed by atoms with Gasteiger partial charge in [0.1, 0.15) is 17.1 Å². The Labute approximate surface area is 173 Å². The van der Waals surface area contributed by atoms with Crippen molar-refractivity contribution in [1.29, 1.82) is 0 Å². The molecule has 1 unspecified atom stereocenters. The molecule has 2 rings (SSSR count). The molecular weight excluding hydrogens is 368 g/mol. The first-order valence-corrected chi connectivity index (χ1v) is 9.86. The van der Waals surface area contributed by atoms with E-state index in [1.54, 1.807) is 24.1 Å². The van der Waals surface area contributed by atoms with Crippen molar-refractivity contribution in [3.05, 3.63) is 48.0 Å². The van der Waals surface area contributed by atoms with Crippen molar-refractivity contribution < 1.29 is 19.4 Å². The summed E-state index contributed by atoms with van der Waals surface area (Å²) in [4.78, 5) is 14.3. The maximum atomic E-state index is 12.7. The minimum atomic E-state index is -0.594. The zero-order chi connectivity index (χ0) is 21.6. The lowest BCUT2D eigenvalue weighted by molar-refractivity contribution is 0.0567. The Morgan fingerprint density at radius 2 is 1.93 bits per heavy atom. The van der Waals surface area contributed by atoms with Crippen molar-refractivity contribution in [2.24, 2.45) is 0 Å². The highest BCUT2D eigenvalue weighted by Crippen LogP contribution is 2.31. The Hall–Kier alpha value is -2.89. The number of hydrogen-bond acceptors (Lipinski definition) is 5. The number of carbonyl (C=O) groups is 1. The number of carbonyl (C=O) groups excluding carboxylic acids is 1. The smallest absolute Gasteiger partial charge is 0.415 e. The largest absolute Gasteiger partial charge is 0.506 e. The summed E-state index contributed by atoms with van der Waals surface area (Å²) in [6.07, 6.45) is 0.332. The molecule has 0 fully saturated rings. The molecular formula is C23H32N2O4. The summed E-state index contributed by atoms with van der Waals surface area (Å²) in [6.45, 7) is 10.0. The summed E-state index contributed by atoms with van der Waals surface area (Å²) in [5.74, 6) is 0.854. The van der Waals surface area contributed by atoms with E-state index in [0.717, 1.165) is 17.7 Å². The zero-order valence-corrected chi connectivity index (χ0v) is 18.2. The highest BCUT2D eigenvalue weighted by Gasteiger charge is 2.27. The Morgan fingerprint density at radius 1 is 1.21 bits per heavy atom. The summed E-state index contributed by atoms with van der Waals surface area (Å²) < 4.78 is 10.8. The molecule has 0 aromatic heterocycles. The predicted octanol–water partition coefficient (Wildman–Crippen LogP) is 5.55. The number of ether oxygens (including phenoxy) is 2. The number of amides is 1. The average molecular weight is 401 g/mol. The van der Waals surface area contributed by atoms with E-state index in [2.05, 4.69) is 5.32 Å². The maximum Gasteiger partial charge on any atom is 0.415 e. The number of phenols is 1. The van der Waals surface area contributed by atoms with Crippen LogP contribution in [0.4, 0.5) is 16.2 Å². The number of rotatable bonds is 7. The van der Waals surface area contributed by atoms with Gasteiger partial charge in [0.25, 0.3) is 0 Å². The molecule has 29 heavy (non-hydrogen) atoms. The Bertz CT molecular complexity index is 830. The van der Waals surface area contributed by atoms with Crippen LogP contribution in [0.25, 0.3) is 0 Å². The predicted molar refractivity (Wildman–Crippen MR) is 117 cm³/mol. The Morgan fingerprint density at radius 3 is 2.52 bits per heavy atom. The number of nitrogens with zero attached hydrogens (tertiary/aromatic N) is 1. The molecule has 2 aromatic carbocycles. The van der Waals surface area contributed by atoms with Gasteiger partial charge in [-0.25, -0.2) is 4.79 Å². The van der Waals surface area contributed by atoms with Crippen molar-refractivity contribution in [1.82, 2.24) is 0 Å². The third kappa shape index (κ3) is 6.31. The fourth-order valence-electron chi connectivity index (χ4n) is 2.83. The van der Waals surface area contributed by atoms with Gasteiger partial charge in [-0.3, -0.25) is 4.90 Å². The van der Waals surface area contributed by atoms with Crippen LogP contribution in [-0.2, 0) is 11.3 Å². The number of hydrogen-bond donors (Lipinski definition) is 2. The Kier molecular flexibility index (Phi) is 7.37. The number of benzene rings is 2. The lowest BCUT2D eigenvalue weighted by Crippen LogP contribution is -2.42. The van der Waals surface area contributed by atoms with E-state index in [9.17, 15) is 9.90 Å². The van der Waals surface area contributed by atoms with Gasteiger partial charge in [-0.15, -0.1) is 0 Å².